The summed E-state index contributed by atoms with van der Waals surface area (Å²) in [5, 5.41) is 1.27. The third kappa shape index (κ3) is 2.07. The van der Waals surface area contributed by atoms with E-state index in [0.29, 0.717) is 12.5 Å². The topological polar surface area (TPSA) is 39.2 Å². The number of hydrogen-bond acceptors (Lipinski definition) is 4. The van der Waals surface area contributed by atoms with Gasteiger partial charge >= 0.3 is 5.97 Å². The molecule has 0 spiro atoms. The molecule has 1 atom stereocenters. The van der Waals surface area contributed by atoms with Gasteiger partial charge in [-0.15, -0.1) is 11.3 Å². The Kier molecular flexibility index (Phi) is 3.37. The number of aryl methyl sites for hydroxylation is 1. The summed E-state index contributed by atoms with van der Waals surface area (Å²) in [5.41, 5.74) is 1.03. The van der Waals surface area contributed by atoms with Gasteiger partial charge in [-0.05, 0) is 32.6 Å². The predicted octanol–water partition coefficient (Wildman–Crippen LogP) is 3.39. The van der Waals surface area contributed by atoms with Crippen molar-refractivity contribution >= 4 is 17.3 Å². The molecule has 0 aromatic carbocycles. The predicted molar refractivity (Wildman–Crippen MR) is 71.0 cm³/mol. The van der Waals surface area contributed by atoms with Crippen molar-refractivity contribution in [2.45, 2.75) is 57.3 Å². The van der Waals surface area contributed by atoms with Crippen LogP contribution in [0.5, 0.6) is 0 Å². The lowest BCUT2D eigenvalue weighted by atomic mass is 10.1. The van der Waals surface area contributed by atoms with Crippen molar-refractivity contribution in [1.82, 2.24) is 4.98 Å². The lowest BCUT2D eigenvalue weighted by Gasteiger charge is -2.08. The van der Waals surface area contributed by atoms with Crippen LogP contribution in [-0.2, 0) is 16.0 Å². The minimum absolute atomic E-state index is 0.0838. The zero-order valence-corrected chi connectivity index (χ0v) is 11.6. The summed E-state index contributed by atoms with van der Waals surface area (Å²) in [6, 6.07) is 0. The summed E-state index contributed by atoms with van der Waals surface area (Å²) < 4.78 is 5.14. The first-order valence-corrected chi connectivity index (χ1v) is 7.77. The molecule has 3 nitrogen and oxygen atoms in total. The van der Waals surface area contributed by atoms with Crippen LogP contribution in [0.4, 0.5) is 0 Å². The van der Waals surface area contributed by atoms with Crippen molar-refractivity contribution in [3.8, 4) is 0 Å². The number of hydrogen-bond donors (Lipinski definition) is 0. The average Bonchev–Trinajstić information content (AvgIpc) is 3.04. The van der Waals surface area contributed by atoms with Gasteiger partial charge in [0.15, 0.2) is 0 Å². The van der Waals surface area contributed by atoms with E-state index in [2.05, 4.69) is 0 Å². The zero-order chi connectivity index (χ0) is 12.5. The van der Waals surface area contributed by atoms with E-state index < -0.39 is 0 Å². The van der Waals surface area contributed by atoms with Crippen LogP contribution in [0.1, 0.15) is 66.4 Å². The fraction of sp³-hybridized carbons (Fsp3) is 0.714. The minimum atomic E-state index is -0.0913. The van der Waals surface area contributed by atoms with Crippen molar-refractivity contribution in [3.05, 3.63) is 15.6 Å². The molecule has 0 bridgehead atoms. The van der Waals surface area contributed by atoms with Gasteiger partial charge in [0.2, 0.25) is 0 Å². The summed E-state index contributed by atoms with van der Waals surface area (Å²) >= 11 is 1.84. The summed E-state index contributed by atoms with van der Waals surface area (Å²) in [7, 11) is 0. The first kappa shape index (κ1) is 12.2. The van der Waals surface area contributed by atoms with Crippen molar-refractivity contribution in [3.63, 3.8) is 0 Å². The molecule has 98 valence electrons. The van der Waals surface area contributed by atoms with Gasteiger partial charge in [-0.3, -0.25) is 4.79 Å². The summed E-state index contributed by atoms with van der Waals surface area (Å²) in [6.45, 7) is 2.32. The highest BCUT2D eigenvalue weighted by molar-refractivity contribution is 7.11. The Morgan fingerprint density at radius 3 is 2.89 bits per heavy atom. The van der Waals surface area contributed by atoms with Gasteiger partial charge in [-0.2, -0.15) is 0 Å². The van der Waals surface area contributed by atoms with Crippen molar-refractivity contribution in [2.24, 2.45) is 0 Å². The van der Waals surface area contributed by atoms with E-state index in [9.17, 15) is 4.79 Å². The highest BCUT2D eigenvalue weighted by Gasteiger charge is 2.34. The molecule has 1 fully saturated rings. The van der Waals surface area contributed by atoms with E-state index in [1.807, 2.05) is 18.3 Å². The van der Waals surface area contributed by atoms with Crippen LogP contribution in [0.3, 0.4) is 0 Å². The number of ether oxygens (including phenoxy) is 1. The molecule has 1 heterocycles. The Bertz CT molecular complexity index is 449. The van der Waals surface area contributed by atoms with Gasteiger partial charge in [0.05, 0.1) is 17.3 Å². The molecule has 18 heavy (non-hydrogen) atoms. The van der Waals surface area contributed by atoms with Crippen LogP contribution < -0.4 is 0 Å². The molecule has 3 rings (SSSR count). The van der Waals surface area contributed by atoms with Crippen LogP contribution in [-0.4, -0.2) is 17.6 Å². The quantitative estimate of drug-likeness (QED) is 0.786. The maximum Gasteiger partial charge on any atom is 0.315 e. The van der Waals surface area contributed by atoms with E-state index in [-0.39, 0.29) is 11.9 Å². The fourth-order valence-electron chi connectivity index (χ4n) is 3.07. The van der Waals surface area contributed by atoms with Crippen LogP contribution in [0.2, 0.25) is 0 Å². The largest absolute Gasteiger partial charge is 0.465 e. The smallest absolute Gasteiger partial charge is 0.315 e. The molecular formula is C14H19NO2S. The summed E-state index contributed by atoms with van der Waals surface area (Å²) in [6.07, 6.45) is 7.10. The molecule has 1 saturated carbocycles. The third-order valence-electron chi connectivity index (χ3n) is 4.01. The van der Waals surface area contributed by atoms with Crippen molar-refractivity contribution in [2.75, 3.05) is 6.61 Å². The lowest BCUT2D eigenvalue weighted by molar-refractivity contribution is -0.145. The van der Waals surface area contributed by atoms with Gasteiger partial charge in [0, 0.05) is 10.8 Å². The molecule has 0 amide bonds. The normalized spacial score (nSPS) is 23.3. The third-order valence-corrected chi connectivity index (χ3v) is 5.30. The molecule has 1 aromatic rings. The molecule has 0 aliphatic heterocycles. The second kappa shape index (κ2) is 5.00. The van der Waals surface area contributed by atoms with E-state index in [4.69, 9.17) is 9.72 Å². The van der Waals surface area contributed by atoms with Gasteiger partial charge in [-0.1, -0.05) is 12.8 Å². The van der Waals surface area contributed by atoms with Crippen LogP contribution in [0.15, 0.2) is 0 Å². The number of nitrogens with zero attached hydrogens (tertiary/aromatic N) is 1. The molecule has 0 radical (unpaired) electrons. The number of fused-ring (bicyclic) bond motifs is 1. The molecule has 1 unspecified atom stereocenters. The molecule has 1 aromatic heterocycles. The van der Waals surface area contributed by atoms with Crippen LogP contribution in [0, 0.1) is 0 Å². The maximum atomic E-state index is 11.9. The monoisotopic (exact) mass is 265 g/mol. The number of thiazole rings is 1. The highest BCUT2D eigenvalue weighted by atomic mass is 32.1. The molecule has 4 heteroatoms. The zero-order valence-electron chi connectivity index (χ0n) is 10.8. The van der Waals surface area contributed by atoms with Crippen LogP contribution >= 0.6 is 11.3 Å². The van der Waals surface area contributed by atoms with Crippen molar-refractivity contribution < 1.29 is 9.53 Å². The fourth-order valence-corrected chi connectivity index (χ4v) is 4.38. The molecule has 0 N–H and O–H groups in total. The Hall–Kier alpha value is -0.900. The van der Waals surface area contributed by atoms with Gasteiger partial charge in [0.1, 0.15) is 5.92 Å². The molecule has 2 aliphatic rings. The average molecular weight is 265 g/mol. The van der Waals surface area contributed by atoms with E-state index in [1.54, 1.807) is 0 Å². The number of carbonyl (C=O) groups excluding carboxylic acids is 1. The number of esters is 1. The first-order chi connectivity index (χ1) is 8.79. The Morgan fingerprint density at radius 2 is 2.17 bits per heavy atom. The standard InChI is InChI=1S/C14H19NO2S/c1-2-17-14(16)10-7-8-11-12(10)15-13(18-11)9-5-3-4-6-9/h9-10H,2-8H2,1H3. The van der Waals surface area contributed by atoms with Gasteiger partial charge in [0.25, 0.3) is 0 Å². The SMILES string of the molecule is CCOC(=O)C1CCc2sc(C3CCCC3)nc21. The van der Waals surface area contributed by atoms with Crippen LogP contribution in [0.25, 0.3) is 0 Å². The lowest BCUT2D eigenvalue weighted by Crippen LogP contribution is -2.14. The second-order valence-corrected chi connectivity index (χ2v) is 6.30. The Morgan fingerprint density at radius 1 is 1.39 bits per heavy atom. The van der Waals surface area contributed by atoms with Gasteiger partial charge in [-0.25, -0.2) is 4.98 Å². The van der Waals surface area contributed by atoms with Crippen molar-refractivity contribution in [1.29, 1.82) is 0 Å². The summed E-state index contributed by atoms with van der Waals surface area (Å²) in [5.74, 6) is 0.481. The molecule has 2 aliphatic carbocycles. The van der Waals surface area contributed by atoms with E-state index >= 15 is 0 Å². The molecule has 0 saturated heterocycles. The number of carbonyl (C=O) groups is 1. The number of rotatable bonds is 3. The Balaban J connectivity index is 1.80. The maximum absolute atomic E-state index is 11.9. The second-order valence-electron chi connectivity index (χ2n) is 5.19. The number of aromatic nitrogens is 1. The minimum Gasteiger partial charge on any atom is -0.465 e. The Labute approximate surface area is 112 Å². The van der Waals surface area contributed by atoms with Gasteiger partial charge < -0.3 is 4.74 Å². The highest BCUT2D eigenvalue weighted by Crippen LogP contribution is 2.42. The molecular weight excluding hydrogens is 246 g/mol. The van der Waals surface area contributed by atoms with E-state index in [1.165, 1.54) is 35.6 Å². The van der Waals surface area contributed by atoms with E-state index in [0.717, 1.165) is 18.5 Å². The summed E-state index contributed by atoms with van der Waals surface area (Å²) in [4.78, 5) is 18.0. The first-order valence-electron chi connectivity index (χ1n) is 6.95.